The van der Waals surface area contributed by atoms with Crippen LogP contribution in [0.2, 0.25) is 0 Å². The predicted octanol–water partition coefficient (Wildman–Crippen LogP) is 5.70. The molecule has 0 amide bonds. The number of carboxylic acids is 4. The molecule has 1 radical (unpaired) electrons. The number of aromatic nitrogens is 6. The second kappa shape index (κ2) is 27.9. The average Bonchev–Trinajstić information content (AvgIpc) is 4.02. The Morgan fingerprint density at radius 1 is 0.328 bits per heavy atom. The van der Waals surface area contributed by atoms with Crippen molar-refractivity contribution in [1.82, 2.24) is 29.9 Å². The number of fused-ring (bicyclic) bond motifs is 2. The minimum absolute atomic E-state index is 0. The van der Waals surface area contributed by atoms with Crippen LogP contribution in [0, 0.1) is 0 Å². The maximum Gasteiger partial charge on any atom is 4.00 e. The van der Waals surface area contributed by atoms with Gasteiger partial charge in [-0.1, -0.05) is 109 Å². The molecular formula is C50H34IrN6O8S2. The van der Waals surface area contributed by atoms with Gasteiger partial charge in [-0.05, 0) is 72.8 Å². The van der Waals surface area contributed by atoms with E-state index in [0.717, 1.165) is 21.0 Å². The molecule has 0 fully saturated rings. The van der Waals surface area contributed by atoms with E-state index in [1.165, 1.54) is 69.6 Å². The van der Waals surface area contributed by atoms with Crippen molar-refractivity contribution >= 4 is 67.0 Å². The van der Waals surface area contributed by atoms with Crippen LogP contribution in [0.1, 0.15) is 42.0 Å². The molecule has 0 bridgehead atoms. The van der Waals surface area contributed by atoms with Gasteiger partial charge in [0.15, 0.2) is 0 Å². The van der Waals surface area contributed by atoms with Gasteiger partial charge in [-0.25, -0.2) is 9.97 Å². The van der Waals surface area contributed by atoms with Crippen molar-refractivity contribution in [2.45, 2.75) is 0 Å². The summed E-state index contributed by atoms with van der Waals surface area (Å²) in [6.07, 6.45) is 5.63. The molecule has 0 spiro atoms. The Morgan fingerprint density at radius 2 is 0.582 bits per heavy atom. The number of benzene rings is 4. The summed E-state index contributed by atoms with van der Waals surface area (Å²) >= 11 is 3.48. The van der Waals surface area contributed by atoms with Gasteiger partial charge in [0.2, 0.25) is 0 Å². The predicted molar refractivity (Wildman–Crippen MR) is 244 cm³/mol. The molecule has 0 atom stereocenters. The topological polar surface area (TPSA) is 238 Å². The second-order valence-corrected chi connectivity index (χ2v) is 14.8. The first-order chi connectivity index (χ1) is 32.1. The van der Waals surface area contributed by atoms with E-state index in [0.29, 0.717) is 0 Å². The Balaban J connectivity index is 0.000000178. The van der Waals surface area contributed by atoms with Crippen LogP contribution < -0.4 is 20.4 Å². The Morgan fingerprint density at radius 3 is 0.806 bits per heavy atom. The van der Waals surface area contributed by atoms with E-state index in [9.17, 15) is 39.6 Å². The zero-order chi connectivity index (χ0) is 46.9. The van der Waals surface area contributed by atoms with Crippen LogP contribution in [0.3, 0.4) is 0 Å². The second-order valence-electron chi connectivity index (χ2n) is 12.7. The summed E-state index contributed by atoms with van der Waals surface area (Å²) in [5.74, 6) is -4.96. The summed E-state index contributed by atoms with van der Waals surface area (Å²) in [5.41, 5.74) is 4.44. The van der Waals surface area contributed by atoms with E-state index in [2.05, 4.69) is 90.6 Å². The zero-order valence-corrected chi connectivity index (χ0v) is 38.8. The standard InChI is InChI=1S/2C13H9NS.4C6H5NO2.Ir/c2*1-2-6-10(7-3-1)13-14-11-8-4-5-9-12(11)15-13;4*8-6(9)5-3-1-2-4-7-5;/h2*1-9H;4*1-4H,(H,8,9);/q;;;;;;+4/p-4. The van der Waals surface area contributed by atoms with Crippen LogP contribution >= 0.6 is 22.7 Å². The number of carbonyl (C=O) groups is 4. The molecule has 17 heteroatoms. The van der Waals surface area contributed by atoms with Gasteiger partial charge in [0, 0.05) is 35.9 Å². The van der Waals surface area contributed by atoms with Crippen molar-refractivity contribution in [1.29, 1.82) is 0 Å². The largest absolute Gasteiger partial charge is 4.00 e. The first-order valence-corrected chi connectivity index (χ1v) is 21.0. The van der Waals surface area contributed by atoms with E-state index in [1.807, 2.05) is 48.5 Å². The molecule has 0 aliphatic carbocycles. The molecule has 0 aliphatic rings. The van der Waals surface area contributed by atoms with Crippen molar-refractivity contribution in [3.05, 3.63) is 230 Å². The molecular weight excluding hydrogens is 1070 g/mol. The molecule has 67 heavy (non-hydrogen) atoms. The van der Waals surface area contributed by atoms with Crippen LogP contribution in [0.15, 0.2) is 207 Å². The number of para-hydroxylation sites is 2. The van der Waals surface area contributed by atoms with Gasteiger partial charge in [0.05, 0.1) is 67.1 Å². The van der Waals surface area contributed by atoms with Gasteiger partial charge in [-0.2, -0.15) is 0 Å². The van der Waals surface area contributed by atoms with E-state index in [1.54, 1.807) is 71.2 Å². The maximum absolute atomic E-state index is 10.0. The first-order valence-electron chi connectivity index (χ1n) is 19.4. The zero-order valence-electron chi connectivity index (χ0n) is 34.7. The number of carbonyl (C=O) groups excluding carboxylic acids is 4. The monoisotopic (exact) mass is 1100 g/mol. The third-order valence-corrected chi connectivity index (χ3v) is 10.3. The molecule has 0 unspecified atom stereocenters. The first kappa shape index (κ1) is 51.4. The minimum atomic E-state index is -1.24. The number of hydrogen-bond acceptors (Lipinski definition) is 16. The van der Waals surface area contributed by atoms with E-state index < -0.39 is 23.9 Å². The number of aromatic carboxylic acids is 4. The average molecular weight is 1100 g/mol. The quantitative estimate of drug-likeness (QED) is 0.194. The maximum atomic E-state index is 10.0. The van der Waals surface area contributed by atoms with Gasteiger partial charge >= 0.3 is 20.1 Å². The van der Waals surface area contributed by atoms with E-state index in [4.69, 9.17) is 0 Å². The molecule has 0 saturated heterocycles. The SMILES string of the molecule is O=C([O-])c1ccccn1.O=C([O-])c1ccccn1.O=C([O-])c1ccccn1.O=C([O-])c1ccccn1.[Ir+4].c1ccc(-c2nc3ccccc3s2)cc1.c1ccc(-c2nc3ccccc3s2)cc1. The van der Waals surface area contributed by atoms with Crippen LogP contribution in [-0.4, -0.2) is 53.8 Å². The summed E-state index contributed by atoms with van der Waals surface area (Å²) in [6, 6.07) is 55.6. The molecule has 10 aromatic rings. The van der Waals surface area contributed by atoms with Crippen LogP contribution in [0.4, 0.5) is 0 Å². The van der Waals surface area contributed by atoms with Crippen molar-refractivity contribution < 1.29 is 59.7 Å². The normalized spacial score (nSPS) is 9.55. The fourth-order valence-electron chi connectivity index (χ4n) is 5.09. The summed E-state index contributed by atoms with van der Waals surface area (Å²) in [4.78, 5) is 63.4. The Hall–Kier alpha value is -8.21. The van der Waals surface area contributed by atoms with E-state index in [-0.39, 0.29) is 42.9 Å². The molecule has 0 aliphatic heterocycles. The summed E-state index contributed by atoms with van der Waals surface area (Å²) in [5, 5.41) is 42.3. The number of nitrogens with zero attached hydrogens (tertiary/aromatic N) is 6. The third-order valence-electron chi connectivity index (χ3n) is 8.13. The van der Waals surface area contributed by atoms with Gasteiger partial charge in [-0.15, -0.1) is 22.7 Å². The Labute approximate surface area is 405 Å². The molecule has 10 rings (SSSR count). The number of pyridine rings is 4. The summed E-state index contributed by atoms with van der Waals surface area (Å²) < 4.78 is 2.49. The van der Waals surface area contributed by atoms with E-state index >= 15 is 0 Å². The molecule has 0 N–H and O–H groups in total. The van der Waals surface area contributed by atoms with Crippen LogP contribution in [0.25, 0.3) is 41.6 Å². The van der Waals surface area contributed by atoms with Gasteiger partial charge < -0.3 is 39.6 Å². The summed E-state index contributed by atoms with van der Waals surface area (Å²) in [7, 11) is 0. The van der Waals surface area contributed by atoms with Gasteiger partial charge in [-0.3, -0.25) is 19.9 Å². The Kier molecular flexibility index (Phi) is 21.4. The van der Waals surface area contributed by atoms with Crippen molar-refractivity contribution in [3.8, 4) is 21.1 Å². The molecule has 6 aromatic heterocycles. The minimum Gasteiger partial charge on any atom is -0.543 e. The number of rotatable bonds is 6. The molecule has 6 heterocycles. The van der Waals surface area contributed by atoms with Crippen molar-refractivity contribution in [2.24, 2.45) is 0 Å². The fourth-order valence-corrected chi connectivity index (χ4v) is 7.03. The van der Waals surface area contributed by atoms with Gasteiger partial charge in [0.1, 0.15) is 10.0 Å². The summed E-state index contributed by atoms with van der Waals surface area (Å²) in [6.45, 7) is 0. The third kappa shape index (κ3) is 17.4. The fraction of sp³-hybridized carbons (Fsp3) is 0. The van der Waals surface area contributed by atoms with Crippen molar-refractivity contribution in [2.75, 3.05) is 0 Å². The molecule has 4 aromatic carbocycles. The Bertz CT molecular complexity index is 2670. The van der Waals surface area contributed by atoms with Crippen LogP contribution in [0.5, 0.6) is 0 Å². The number of hydrogen-bond donors (Lipinski definition) is 0. The van der Waals surface area contributed by atoms with Gasteiger partial charge in [0.25, 0.3) is 0 Å². The molecule has 0 saturated carbocycles. The smallest absolute Gasteiger partial charge is 0.543 e. The molecule has 333 valence electrons. The number of carboxylic acid groups (broad SMARTS) is 4. The molecule has 14 nitrogen and oxygen atoms in total. The van der Waals surface area contributed by atoms with Crippen LogP contribution in [-0.2, 0) is 20.1 Å². The number of thiazole rings is 2. The van der Waals surface area contributed by atoms with Crippen molar-refractivity contribution in [3.63, 3.8) is 0 Å².